The van der Waals surface area contributed by atoms with Gasteiger partial charge in [-0.3, -0.25) is 4.79 Å². The van der Waals surface area contributed by atoms with Crippen LogP contribution in [0.4, 0.5) is 0 Å². The molecule has 1 fully saturated rings. The summed E-state index contributed by atoms with van der Waals surface area (Å²) < 4.78 is 13.3. The van der Waals surface area contributed by atoms with E-state index < -0.39 is 0 Å². The van der Waals surface area contributed by atoms with E-state index in [1.807, 2.05) is 15.5 Å². The number of ether oxygens (including phenoxy) is 2. The second kappa shape index (κ2) is 10.5. The molecule has 2 aromatic heterocycles. The molecule has 0 spiro atoms. The Bertz CT molecular complexity index is 1090. The number of hydrogen-bond donors (Lipinski definition) is 1. The van der Waals surface area contributed by atoms with Crippen molar-refractivity contribution < 1.29 is 14.3 Å². The third-order valence-corrected chi connectivity index (χ3v) is 6.37. The van der Waals surface area contributed by atoms with Gasteiger partial charge in [0.05, 0.1) is 43.2 Å². The summed E-state index contributed by atoms with van der Waals surface area (Å²) in [6, 6.07) is 12.3. The first-order valence-corrected chi connectivity index (χ1v) is 11.6. The predicted molar refractivity (Wildman–Crippen MR) is 129 cm³/mol. The van der Waals surface area contributed by atoms with Gasteiger partial charge in [-0.1, -0.05) is 29.8 Å². The van der Waals surface area contributed by atoms with Crippen LogP contribution in [0.5, 0.6) is 0 Å². The molecule has 1 amide bonds. The summed E-state index contributed by atoms with van der Waals surface area (Å²) in [7, 11) is 1.66. The van der Waals surface area contributed by atoms with Crippen LogP contribution < -0.4 is 5.32 Å². The van der Waals surface area contributed by atoms with Crippen LogP contribution >= 0.6 is 0 Å². The van der Waals surface area contributed by atoms with Gasteiger partial charge in [-0.15, -0.1) is 0 Å². The number of carbonyl (C=O) groups excluding carboxylic acids is 1. The van der Waals surface area contributed by atoms with E-state index in [1.165, 1.54) is 5.56 Å². The van der Waals surface area contributed by atoms with Crippen molar-refractivity contribution in [1.82, 2.24) is 19.6 Å². The van der Waals surface area contributed by atoms with Gasteiger partial charge < -0.3 is 24.1 Å². The zero-order chi connectivity index (χ0) is 23.4. The molecule has 1 N–H and O–H groups in total. The van der Waals surface area contributed by atoms with E-state index >= 15 is 0 Å². The summed E-state index contributed by atoms with van der Waals surface area (Å²) in [6.45, 7) is 9.42. The Kier molecular flexibility index (Phi) is 7.42. The fourth-order valence-corrected chi connectivity index (χ4v) is 4.39. The number of rotatable bonds is 8. The number of nitrogens with zero attached hydrogens (tertiary/aromatic N) is 3. The number of morpholine rings is 1. The largest absolute Gasteiger partial charge is 0.383 e. The lowest BCUT2D eigenvalue weighted by atomic mass is 10.1. The first-order valence-electron chi connectivity index (χ1n) is 11.6. The van der Waals surface area contributed by atoms with Crippen molar-refractivity contribution in [2.24, 2.45) is 0 Å². The molecule has 3 heterocycles. The zero-order valence-corrected chi connectivity index (χ0v) is 20.0. The van der Waals surface area contributed by atoms with Gasteiger partial charge in [-0.05, 0) is 38.5 Å². The fourth-order valence-electron chi connectivity index (χ4n) is 4.39. The average molecular weight is 451 g/mol. The Hall–Kier alpha value is -2.74. The number of aryl methyl sites for hydroxylation is 2. The molecule has 176 valence electrons. The van der Waals surface area contributed by atoms with Crippen molar-refractivity contribution in [2.75, 3.05) is 40.0 Å². The summed E-state index contributed by atoms with van der Waals surface area (Å²) in [6.07, 6.45) is 2.22. The Morgan fingerprint density at radius 3 is 2.76 bits per heavy atom. The number of benzene rings is 1. The maximum Gasteiger partial charge on any atom is 0.229 e. The lowest BCUT2D eigenvalue weighted by Gasteiger charge is -2.36. The SMILES string of the molecule is COCCN(C(=O)Cc1c(-c2ccc(C)cc2)nc2cc(C)ccn12)C(C)C1CNCCO1. The Balaban J connectivity index is 1.68. The molecular formula is C26H34N4O3. The predicted octanol–water partition coefficient (Wildman–Crippen LogP) is 3.01. The van der Waals surface area contributed by atoms with E-state index in [1.54, 1.807) is 7.11 Å². The topological polar surface area (TPSA) is 68.1 Å². The van der Waals surface area contributed by atoms with Gasteiger partial charge in [0.2, 0.25) is 5.91 Å². The third kappa shape index (κ3) is 5.27. The Morgan fingerprint density at radius 2 is 2.06 bits per heavy atom. The van der Waals surface area contributed by atoms with Crippen molar-refractivity contribution in [3.63, 3.8) is 0 Å². The number of pyridine rings is 1. The first kappa shape index (κ1) is 23.4. The summed E-state index contributed by atoms with van der Waals surface area (Å²) >= 11 is 0. The average Bonchev–Trinajstić information content (AvgIpc) is 3.17. The van der Waals surface area contributed by atoms with Crippen LogP contribution in [-0.2, 0) is 20.7 Å². The molecule has 33 heavy (non-hydrogen) atoms. The van der Waals surface area contributed by atoms with Gasteiger partial charge in [0.1, 0.15) is 5.65 Å². The molecule has 7 heteroatoms. The summed E-state index contributed by atoms with van der Waals surface area (Å²) in [4.78, 5) is 20.5. The summed E-state index contributed by atoms with van der Waals surface area (Å²) in [5.41, 5.74) is 5.94. The van der Waals surface area contributed by atoms with E-state index in [0.717, 1.165) is 41.3 Å². The number of aromatic nitrogens is 2. The van der Waals surface area contributed by atoms with Crippen molar-refractivity contribution in [3.8, 4) is 11.3 Å². The zero-order valence-electron chi connectivity index (χ0n) is 20.0. The normalized spacial score (nSPS) is 17.3. The van der Waals surface area contributed by atoms with Gasteiger partial charge in [0, 0.05) is 38.5 Å². The van der Waals surface area contributed by atoms with Gasteiger partial charge in [-0.2, -0.15) is 0 Å². The van der Waals surface area contributed by atoms with Crippen molar-refractivity contribution >= 4 is 11.6 Å². The van der Waals surface area contributed by atoms with Crippen LogP contribution in [0, 0.1) is 13.8 Å². The van der Waals surface area contributed by atoms with E-state index in [2.05, 4.69) is 62.5 Å². The number of hydrogen-bond acceptors (Lipinski definition) is 5. The maximum absolute atomic E-state index is 13.7. The Morgan fingerprint density at radius 1 is 1.27 bits per heavy atom. The van der Waals surface area contributed by atoms with Crippen LogP contribution in [0.3, 0.4) is 0 Å². The van der Waals surface area contributed by atoms with Crippen LogP contribution in [0.25, 0.3) is 16.9 Å². The summed E-state index contributed by atoms with van der Waals surface area (Å²) in [5.74, 6) is 0.0458. The second-order valence-electron chi connectivity index (χ2n) is 8.82. The highest BCUT2D eigenvalue weighted by Gasteiger charge is 2.30. The van der Waals surface area contributed by atoms with Crippen molar-refractivity contribution in [3.05, 3.63) is 59.4 Å². The minimum Gasteiger partial charge on any atom is -0.383 e. The smallest absolute Gasteiger partial charge is 0.229 e. The van der Waals surface area contributed by atoms with Gasteiger partial charge in [0.15, 0.2) is 0 Å². The third-order valence-electron chi connectivity index (χ3n) is 6.37. The molecule has 1 aromatic carbocycles. The van der Waals surface area contributed by atoms with Crippen LogP contribution in [0.1, 0.15) is 23.7 Å². The minimum absolute atomic E-state index is 0.0408. The standard InChI is InChI=1S/C26H34N4O3/c1-18-5-7-21(8-6-18)26-22(30-11-9-19(2)15-24(30)28-26)16-25(31)29(12-14-32-4)20(3)23-17-27-10-13-33-23/h5-9,11,15,20,23,27H,10,12-14,16-17H2,1-4H3. The van der Waals surface area contributed by atoms with Gasteiger partial charge in [0.25, 0.3) is 0 Å². The molecule has 2 atom stereocenters. The quantitative estimate of drug-likeness (QED) is 0.571. The molecular weight excluding hydrogens is 416 g/mol. The lowest BCUT2D eigenvalue weighted by molar-refractivity contribution is -0.137. The molecule has 4 rings (SSSR count). The van der Waals surface area contributed by atoms with Crippen molar-refractivity contribution in [2.45, 2.75) is 39.3 Å². The molecule has 0 saturated carbocycles. The maximum atomic E-state index is 13.7. The fraction of sp³-hybridized carbons (Fsp3) is 0.462. The summed E-state index contributed by atoms with van der Waals surface area (Å²) in [5, 5.41) is 3.37. The van der Waals surface area contributed by atoms with Gasteiger partial charge in [-0.25, -0.2) is 4.98 Å². The monoisotopic (exact) mass is 450 g/mol. The molecule has 1 aliphatic heterocycles. The number of carbonyl (C=O) groups is 1. The second-order valence-corrected chi connectivity index (χ2v) is 8.82. The van der Waals surface area contributed by atoms with Crippen molar-refractivity contribution in [1.29, 1.82) is 0 Å². The Labute approximate surface area is 195 Å². The van der Waals surface area contributed by atoms with Gasteiger partial charge >= 0.3 is 0 Å². The molecule has 7 nitrogen and oxygen atoms in total. The lowest BCUT2D eigenvalue weighted by Crippen LogP contribution is -2.53. The number of nitrogens with one attached hydrogen (secondary N) is 1. The number of amides is 1. The molecule has 3 aromatic rings. The minimum atomic E-state index is -0.0651. The van der Waals surface area contributed by atoms with E-state index in [9.17, 15) is 4.79 Å². The first-order chi connectivity index (χ1) is 16.0. The van der Waals surface area contributed by atoms with E-state index in [-0.39, 0.29) is 24.5 Å². The highest BCUT2D eigenvalue weighted by atomic mass is 16.5. The van der Waals surface area contributed by atoms with E-state index in [0.29, 0.717) is 19.8 Å². The highest BCUT2D eigenvalue weighted by Crippen LogP contribution is 2.27. The van der Waals surface area contributed by atoms with E-state index in [4.69, 9.17) is 14.5 Å². The molecule has 2 unspecified atom stereocenters. The molecule has 1 saturated heterocycles. The highest BCUT2D eigenvalue weighted by molar-refractivity contribution is 5.82. The van der Waals surface area contributed by atoms with Crippen LogP contribution in [-0.4, -0.2) is 72.3 Å². The number of fused-ring (bicyclic) bond motifs is 1. The van der Waals surface area contributed by atoms with Crippen LogP contribution in [0.15, 0.2) is 42.6 Å². The number of methoxy groups -OCH3 is 1. The molecule has 0 bridgehead atoms. The molecule has 0 aliphatic carbocycles. The van der Waals surface area contributed by atoms with Crippen LogP contribution in [0.2, 0.25) is 0 Å². The number of imidazole rings is 1. The molecule has 1 aliphatic rings. The molecule has 0 radical (unpaired) electrons.